The molecule has 1 N–H and O–H groups in total. The van der Waals surface area contributed by atoms with E-state index in [-0.39, 0.29) is 11.6 Å². The molecule has 0 saturated heterocycles. The van der Waals surface area contributed by atoms with Crippen LogP contribution in [0, 0.1) is 5.82 Å². The van der Waals surface area contributed by atoms with E-state index in [9.17, 15) is 4.39 Å². The van der Waals surface area contributed by atoms with Crippen LogP contribution in [-0.4, -0.2) is 25.1 Å². The van der Waals surface area contributed by atoms with E-state index < -0.39 is 0 Å². The summed E-state index contributed by atoms with van der Waals surface area (Å²) in [6, 6.07) is 14.2. The monoisotopic (exact) mass is 330 g/mol. The summed E-state index contributed by atoms with van der Waals surface area (Å²) in [6.07, 6.45) is 0. The molecule has 4 heteroatoms. The fourth-order valence-corrected chi connectivity index (χ4v) is 2.48. The SMILES string of the molecule is COc1ccc(CNCc2cccc(CN(C)C(C)C)c2)cc1F. The van der Waals surface area contributed by atoms with Crippen molar-refractivity contribution in [3.63, 3.8) is 0 Å². The smallest absolute Gasteiger partial charge is 0.165 e. The fraction of sp³-hybridized carbons (Fsp3) is 0.400. The lowest BCUT2D eigenvalue weighted by molar-refractivity contribution is 0.266. The van der Waals surface area contributed by atoms with Crippen molar-refractivity contribution >= 4 is 0 Å². The van der Waals surface area contributed by atoms with Gasteiger partial charge in [-0.2, -0.15) is 0 Å². The Hall–Kier alpha value is -1.91. The van der Waals surface area contributed by atoms with E-state index in [1.165, 1.54) is 24.3 Å². The Labute approximate surface area is 144 Å². The van der Waals surface area contributed by atoms with Gasteiger partial charge in [-0.3, -0.25) is 4.90 Å². The maximum atomic E-state index is 13.7. The van der Waals surface area contributed by atoms with Crippen molar-refractivity contribution in [1.29, 1.82) is 0 Å². The van der Waals surface area contributed by atoms with Gasteiger partial charge in [0, 0.05) is 25.7 Å². The van der Waals surface area contributed by atoms with E-state index in [1.807, 2.05) is 6.07 Å². The van der Waals surface area contributed by atoms with Crippen molar-refractivity contribution in [2.45, 2.75) is 39.5 Å². The van der Waals surface area contributed by atoms with Crippen LogP contribution in [0.15, 0.2) is 42.5 Å². The predicted molar refractivity (Wildman–Crippen MR) is 96.5 cm³/mol. The van der Waals surface area contributed by atoms with Crippen LogP contribution in [0.3, 0.4) is 0 Å². The molecule has 0 heterocycles. The molecule has 2 rings (SSSR count). The molecule has 0 aliphatic heterocycles. The molecule has 0 spiro atoms. The Morgan fingerprint density at radius 2 is 1.71 bits per heavy atom. The van der Waals surface area contributed by atoms with Crippen LogP contribution < -0.4 is 10.1 Å². The van der Waals surface area contributed by atoms with Crippen LogP contribution in [-0.2, 0) is 19.6 Å². The number of nitrogens with one attached hydrogen (secondary N) is 1. The molecule has 0 fully saturated rings. The third-order valence-electron chi connectivity index (χ3n) is 4.18. The van der Waals surface area contributed by atoms with Crippen LogP contribution in [0.1, 0.15) is 30.5 Å². The van der Waals surface area contributed by atoms with Gasteiger partial charge in [-0.05, 0) is 49.7 Å². The summed E-state index contributed by atoms with van der Waals surface area (Å²) >= 11 is 0. The summed E-state index contributed by atoms with van der Waals surface area (Å²) in [6.45, 7) is 6.71. The predicted octanol–water partition coefficient (Wildman–Crippen LogP) is 3.96. The van der Waals surface area contributed by atoms with Crippen LogP contribution >= 0.6 is 0 Å². The van der Waals surface area contributed by atoms with Gasteiger partial charge >= 0.3 is 0 Å². The summed E-state index contributed by atoms with van der Waals surface area (Å²) in [7, 11) is 3.61. The zero-order chi connectivity index (χ0) is 17.5. The van der Waals surface area contributed by atoms with Crippen molar-refractivity contribution in [2.75, 3.05) is 14.2 Å². The third kappa shape index (κ3) is 5.32. The Kier molecular flexibility index (Phi) is 6.76. The van der Waals surface area contributed by atoms with Gasteiger partial charge in [-0.15, -0.1) is 0 Å². The van der Waals surface area contributed by atoms with Crippen LogP contribution in [0.5, 0.6) is 5.75 Å². The molecule has 0 aromatic heterocycles. The van der Waals surface area contributed by atoms with Gasteiger partial charge in [0.1, 0.15) is 0 Å². The normalized spacial score (nSPS) is 11.3. The van der Waals surface area contributed by atoms with Gasteiger partial charge < -0.3 is 10.1 Å². The Morgan fingerprint density at radius 1 is 1.04 bits per heavy atom. The van der Waals surface area contributed by atoms with Crippen LogP contribution in [0.25, 0.3) is 0 Å². The zero-order valence-corrected chi connectivity index (χ0v) is 15.0. The van der Waals surface area contributed by atoms with E-state index in [4.69, 9.17) is 4.74 Å². The molecule has 2 aromatic rings. The summed E-state index contributed by atoms with van der Waals surface area (Å²) < 4.78 is 18.6. The highest BCUT2D eigenvalue weighted by Gasteiger charge is 2.05. The maximum Gasteiger partial charge on any atom is 0.165 e. The molecular formula is C20H27FN2O. The Bertz CT molecular complexity index is 658. The first-order chi connectivity index (χ1) is 11.5. The summed E-state index contributed by atoms with van der Waals surface area (Å²) in [5.74, 6) is -0.0451. The van der Waals surface area contributed by atoms with Crippen molar-refractivity contribution in [2.24, 2.45) is 0 Å². The average molecular weight is 330 g/mol. The fourth-order valence-electron chi connectivity index (χ4n) is 2.48. The number of methoxy groups -OCH3 is 1. The summed E-state index contributed by atoms with van der Waals surface area (Å²) in [5.41, 5.74) is 3.45. The van der Waals surface area contributed by atoms with E-state index in [0.717, 1.165) is 18.7 Å². The third-order valence-corrected chi connectivity index (χ3v) is 4.18. The minimum atomic E-state index is -0.324. The lowest BCUT2D eigenvalue weighted by Gasteiger charge is -2.21. The highest BCUT2D eigenvalue weighted by Crippen LogP contribution is 2.17. The molecule has 24 heavy (non-hydrogen) atoms. The zero-order valence-electron chi connectivity index (χ0n) is 15.0. The first kappa shape index (κ1) is 18.4. The second-order valence-corrected chi connectivity index (χ2v) is 6.40. The van der Waals surface area contributed by atoms with Crippen molar-refractivity contribution in [3.8, 4) is 5.75 Å². The van der Waals surface area contributed by atoms with Gasteiger partial charge in [0.25, 0.3) is 0 Å². The van der Waals surface area contributed by atoms with Crippen molar-refractivity contribution < 1.29 is 9.13 Å². The van der Waals surface area contributed by atoms with Crippen LogP contribution in [0.4, 0.5) is 4.39 Å². The molecule has 0 unspecified atom stereocenters. The van der Waals surface area contributed by atoms with Crippen LogP contribution in [0.2, 0.25) is 0 Å². The summed E-state index contributed by atoms with van der Waals surface area (Å²) in [4.78, 5) is 2.31. The van der Waals surface area contributed by atoms with Gasteiger partial charge in [0.15, 0.2) is 11.6 Å². The standard InChI is InChI=1S/C20H27FN2O/c1-15(2)23(3)14-18-7-5-6-16(10-18)12-22-13-17-8-9-20(24-4)19(21)11-17/h5-11,15,22H,12-14H2,1-4H3. The molecule has 0 aliphatic carbocycles. The van der Waals surface area contributed by atoms with Crippen molar-refractivity contribution in [3.05, 3.63) is 65.0 Å². The highest BCUT2D eigenvalue weighted by atomic mass is 19.1. The molecule has 3 nitrogen and oxygen atoms in total. The number of hydrogen-bond acceptors (Lipinski definition) is 3. The maximum absolute atomic E-state index is 13.7. The average Bonchev–Trinajstić information content (AvgIpc) is 2.55. The van der Waals surface area contributed by atoms with E-state index in [1.54, 1.807) is 6.07 Å². The Balaban J connectivity index is 1.89. The lowest BCUT2D eigenvalue weighted by Crippen LogP contribution is -2.25. The molecular weight excluding hydrogens is 303 g/mol. The van der Waals surface area contributed by atoms with E-state index in [2.05, 4.69) is 55.4 Å². The van der Waals surface area contributed by atoms with E-state index in [0.29, 0.717) is 12.6 Å². The quantitative estimate of drug-likeness (QED) is 0.793. The van der Waals surface area contributed by atoms with Gasteiger partial charge in [-0.25, -0.2) is 4.39 Å². The molecule has 0 aliphatic rings. The van der Waals surface area contributed by atoms with E-state index >= 15 is 0 Å². The molecule has 0 amide bonds. The van der Waals surface area contributed by atoms with Gasteiger partial charge in [-0.1, -0.05) is 30.3 Å². The van der Waals surface area contributed by atoms with Gasteiger partial charge in [0.05, 0.1) is 7.11 Å². The largest absolute Gasteiger partial charge is 0.494 e. The Morgan fingerprint density at radius 3 is 2.33 bits per heavy atom. The number of benzene rings is 2. The second-order valence-electron chi connectivity index (χ2n) is 6.40. The number of ether oxygens (including phenoxy) is 1. The molecule has 2 aromatic carbocycles. The number of halogens is 1. The number of hydrogen-bond donors (Lipinski definition) is 1. The first-order valence-electron chi connectivity index (χ1n) is 8.30. The lowest BCUT2D eigenvalue weighted by atomic mass is 10.1. The molecule has 0 bridgehead atoms. The molecule has 0 atom stereocenters. The highest BCUT2D eigenvalue weighted by molar-refractivity contribution is 5.29. The number of rotatable bonds is 8. The second kappa shape index (κ2) is 8.81. The molecule has 0 saturated carbocycles. The first-order valence-corrected chi connectivity index (χ1v) is 8.30. The minimum absolute atomic E-state index is 0.278. The molecule has 0 radical (unpaired) electrons. The molecule has 130 valence electrons. The minimum Gasteiger partial charge on any atom is -0.494 e. The topological polar surface area (TPSA) is 24.5 Å². The van der Waals surface area contributed by atoms with Gasteiger partial charge in [0.2, 0.25) is 0 Å². The number of nitrogens with zero attached hydrogens (tertiary/aromatic N) is 1. The summed E-state index contributed by atoms with van der Waals surface area (Å²) in [5, 5.41) is 3.36. The van der Waals surface area contributed by atoms with Crippen molar-refractivity contribution in [1.82, 2.24) is 10.2 Å².